The SMILES string of the molecule is Cc1ccn(-c2snc3ccccc23)n1. The number of fused-ring (bicyclic) bond motifs is 1. The molecule has 0 saturated carbocycles. The molecule has 3 aromatic rings. The van der Waals surface area contributed by atoms with Crippen molar-refractivity contribution in [3.05, 3.63) is 42.2 Å². The van der Waals surface area contributed by atoms with Gasteiger partial charge in [0.1, 0.15) is 5.00 Å². The van der Waals surface area contributed by atoms with Crippen molar-refractivity contribution < 1.29 is 0 Å². The average Bonchev–Trinajstić information content (AvgIpc) is 2.83. The van der Waals surface area contributed by atoms with Crippen LogP contribution < -0.4 is 0 Å². The minimum absolute atomic E-state index is 1.02. The molecular formula is C11H9N3S. The Hall–Kier alpha value is -1.68. The van der Waals surface area contributed by atoms with Crippen molar-refractivity contribution in [1.82, 2.24) is 14.2 Å². The quantitative estimate of drug-likeness (QED) is 0.625. The van der Waals surface area contributed by atoms with Crippen LogP contribution in [0.5, 0.6) is 0 Å². The van der Waals surface area contributed by atoms with Crippen LogP contribution >= 0.6 is 11.5 Å². The summed E-state index contributed by atoms with van der Waals surface area (Å²) in [6.45, 7) is 1.99. The molecule has 0 N–H and O–H groups in total. The zero-order valence-corrected chi connectivity index (χ0v) is 9.03. The molecule has 0 aliphatic rings. The van der Waals surface area contributed by atoms with Crippen LogP contribution in [0.4, 0.5) is 0 Å². The van der Waals surface area contributed by atoms with Crippen molar-refractivity contribution in [2.45, 2.75) is 6.92 Å². The van der Waals surface area contributed by atoms with Crippen LogP contribution in [0.1, 0.15) is 5.69 Å². The smallest absolute Gasteiger partial charge is 0.145 e. The van der Waals surface area contributed by atoms with Gasteiger partial charge in [-0.05, 0) is 36.7 Å². The summed E-state index contributed by atoms with van der Waals surface area (Å²) in [7, 11) is 0. The second-order valence-electron chi connectivity index (χ2n) is 3.41. The van der Waals surface area contributed by atoms with Crippen LogP contribution in [0.3, 0.4) is 0 Å². The highest BCUT2D eigenvalue weighted by Crippen LogP contribution is 2.25. The number of aromatic nitrogens is 3. The molecule has 4 heteroatoms. The maximum atomic E-state index is 4.39. The highest BCUT2D eigenvalue weighted by atomic mass is 32.1. The zero-order chi connectivity index (χ0) is 10.3. The molecule has 1 aromatic carbocycles. The average molecular weight is 215 g/mol. The van der Waals surface area contributed by atoms with Crippen molar-refractivity contribution >= 4 is 22.4 Å². The highest BCUT2D eigenvalue weighted by molar-refractivity contribution is 7.10. The number of hydrogen-bond acceptors (Lipinski definition) is 3. The molecule has 0 unspecified atom stereocenters. The van der Waals surface area contributed by atoms with E-state index in [9.17, 15) is 0 Å². The van der Waals surface area contributed by atoms with Gasteiger partial charge in [-0.25, -0.2) is 4.68 Å². The zero-order valence-electron chi connectivity index (χ0n) is 8.21. The molecule has 0 saturated heterocycles. The van der Waals surface area contributed by atoms with Crippen LogP contribution in [0.2, 0.25) is 0 Å². The summed E-state index contributed by atoms with van der Waals surface area (Å²) >= 11 is 1.48. The van der Waals surface area contributed by atoms with Crippen LogP contribution in [-0.4, -0.2) is 14.2 Å². The number of nitrogens with zero attached hydrogens (tertiary/aromatic N) is 3. The fraction of sp³-hybridized carbons (Fsp3) is 0.0909. The topological polar surface area (TPSA) is 30.7 Å². The first-order valence-corrected chi connectivity index (χ1v) is 5.49. The van der Waals surface area contributed by atoms with Gasteiger partial charge < -0.3 is 0 Å². The van der Waals surface area contributed by atoms with Crippen LogP contribution in [0.25, 0.3) is 15.9 Å². The Bertz CT molecular complexity index is 609. The second kappa shape index (κ2) is 3.17. The van der Waals surface area contributed by atoms with Gasteiger partial charge in [-0.3, -0.25) is 0 Å². The molecule has 0 amide bonds. The van der Waals surface area contributed by atoms with Crippen LogP contribution in [0, 0.1) is 6.92 Å². The third-order valence-electron chi connectivity index (χ3n) is 2.30. The number of aryl methyl sites for hydroxylation is 1. The van der Waals surface area contributed by atoms with E-state index < -0.39 is 0 Å². The lowest BCUT2D eigenvalue weighted by Gasteiger charge is -1.95. The number of benzene rings is 1. The van der Waals surface area contributed by atoms with Gasteiger partial charge in [-0.1, -0.05) is 12.1 Å². The summed E-state index contributed by atoms with van der Waals surface area (Å²) in [4.78, 5) is 0. The van der Waals surface area contributed by atoms with E-state index in [1.165, 1.54) is 11.5 Å². The Morgan fingerprint density at radius 3 is 2.87 bits per heavy atom. The van der Waals surface area contributed by atoms with Crippen LogP contribution in [-0.2, 0) is 0 Å². The van der Waals surface area contributed by atoms with E-state index in [0.717, 1.165) is 21.6 Å². The highest BCUT2D eigenvalue weighted by Gasteiger charge is 2.07. The fourth-order valence-electron chi connectivity index (χ4n) is 1.57. The Morgan fingerprint density at radius 1 is 1.20 bits per heavy atom. The molecule has 0 radical (unpaired) electrons. The minimum Gasteiger partial charge on any atom is -0.228 e. The molecule has 3 nitrogen and oxygen atoms in total. The third kappa shape index (κ3) is 1.34. The summed E-state index contributed by atoms with van der Waals surface area (Å²) in [5.41, 5.74) is 2.05. The molecule has 2 heterocycles. The van der Waals surface area contributed by atoms with E-state index in [1.54, 1.807) is 0 Å². The molecule has 0 atom stereocenters. The van der Waals surface area contributed by atoms with Gasteiger partial charge in [0.05, 0.1) is 11.2 Å². The standard InChI is InChI=1S/C11H9N3S/c1-8-6-7-14(12-8)11-9-4-2-3-5-10(9)13-15-11/h2-7H,1H3. The van der Waals surface area contributed by atoms with Crippen LogP contribution in [0.15, 0.2) is 36.5 Å². The normalized spacial score (nSPS) is 11.0. The van der Waals surface area contributed by atoms with Crippen molar-refractivity contribution in [3.8, 4) is 5.00 Å². The molecule has 0 bridgehead atoms. The third-order valence-corrected chi connectivity index (χ3v) is 3.16. The molecule has 0 aliphatic carbocycles. The molecule has 2 aromatic heterocycles. The monoisotopic (exact) mass is 215 g/mol. The maximum Gasteiger partial charge on any atom is 0.145 e. The van der Waals surface area contributed by atoms with Gasteiger partial charge in [0.2, 0.25) is 0 Å². The van der Waals surface area contributed by atoms with Gasteiger partial charge in [0.25, 0.3) is 0 Å². The largest absolute Gasteiger partial charge is 0.228 e. The molecule has 0 spiro atoms. The van der Waals surface area contributed by atoms with E-state index in [2.05, 4.69) is 15.5 Å². The van der Waals surface area contributed by atoms with Crippen molar-refractivity contribution in [2.75, 3.05) is 0 Å². The summed E-state index contributed by atoms with van der Waals surface area (Å²) in [5.74, 6) is 0. The molecule has 15 heavy (non-hydrogen) atoms. The number of rotatable bonds is 1. The lowest BCUT2D eigenvalue weighted by molar-refractivity contribution is 0.883. The van der Waals surface area contributed by atoms with E-state index >= 15 is 0 Å². The first kappa shape index (κ1) is 8.61. The van der Waals surface area contributed by atoms with Crippen molar-refractivity contribution in [2.24, 2.45) is 0 Å². The van der Waals surface area contributed by atoms with E-state index in [0.29, 0.717) is 0 Å². The predicted molar refractivity (Wildman–Crippen MR) is 61.5 cm³/mol. The molecule has 74 valence electrons. The minimum atomic E-state index is 1.02. The molecular weight excluding hydrogens is 206 g/mol. The van der Waals surface area contributed by atoms with Gasteiger partial charge in [0.15, 0.2) is 0 Å². The predicted octanol–water partition coefficient (Wildman–Crippen LogP) is 2.79. The summed E-state index contributed by atoms with van der Waals surface area (Å²) in [5, 5.41) is 6.63. The van der Waals surface area contributed by atoms with Crippen molar-refractivity contribution in [1.29, 1.82) is 0 Å². The number of hydrogen-bond donors (Lipinski definition) is 0. The Kier molecular flexibility index (Phi) is 1.82. The van der Waals surface area contributed by atoms with E-state index in [4.69, 9.17) is 0 Å². The maximum absolute atomic E-state index is 4.39. The second-order valence-corrected chi connectivity index (χ2v) is 4.16. The van der Waals surface area contributed by atoms with Crippen molar-refractivity contribution in [3.63, 3.8) is 0 Å². The Balaban J connectivity index is 2.27. The summed E-state index contributed by atoms with van der Waals surface area (Å²) in [6.07, 6.45) is 1.97. The lowest BCUT2D eigenvalue weighted by atomic mass is 10.2. The van der Waals surface area contributed by atoms with Gasteiger partial charge >= 0.3 is 0 Å². The molecule has 3 rings (SSSR count). The summed E-state index contributed by atoms with van der Waals surface area (Å²) < 4.78 is 6.27. The fourth-order valence-corrected chi connectivity index (χ4v) is 2.37. The molecule has 0 aliphatic heterocycles. The van der Waals surface area contributed by atoms with Gasteiger partial charge in [-0.15, -0.1) is 0 Å². The van der Waals surface area contributed by atoms with E-state index in [1.807, 2.05) is 42.1 Å². The lowest BCUT2D eigenvalue weighted by Crippen LogP contribution is -1.91. The molecule has 0 fully saturated rings. The first-order valence-electron chi connectivity index (χ1n) is 4.72. The van der Waals surface area contributed by atoms with E-state index in [-0.39, 0.29) is 0 Å². The Morgan fingerprint density at radius 2 is 2.07 bits per heavy atom. The van der Waals surface area contributed by atoms with Gasteiger partial charge in [-0.2, -0.15) is 9.47 Å². The van der Waals surface area contributed by atoms with Gasteiger partial charge in [0, 0.05) is 11.6 Å². The first-order chi connectivity index (χ1) is 7.34. The Labute approximate surface area is 91.1 Å². The summed E-state index contributed by atoms with van der Waals surface area (Å²) in [6, 6.07) is 10.1.